The van der Waals surface area contributed by atoms with Gasteiger partial charge in [-0.2, -0.15) is 0 Å². The molecule has 2 amide bonds. The van der Waals surface area contributed by atoms with Gasteiger partial charge in [0.1, 0.15) is 11.6 Å². The molecule has 0 saturated carbocycles. The minimum atomic E-state index is -0.266. The summed E-state index contributed by atoms with van der Waals surface area (Å²) >= 11 is 0. The van der Waals surface area contributed by atoms with Gasteiger partial charge < -0.3 is 21.1 Å². The van der Waals surface area contributed by atoms with Gasteiger partial charge in [0.05, 0.1) is 7.11 Å². The van der Waals surface area contributed by atoms with Gasteiger partial charge in [-0.25, -0.2) is 9.78 Å². The van der Waals surface area contributed by atoms with Crippen LogP contribution < -0.4 is 21.1 Å². The topological polar surface area (TPSA) is 106 Å². The smallest absolute Gasteiger partial charge is 0.315 e. The van der Waals surface area contributed by atoms with E-state index in [-0.39, 0.29) is 18.2 Å². The van der Waals surface area contributed by atoms with Gasteiger partial charge >= 0.3 is 6.03 Å². The normalized spacial score (nSPS) is 10.3. The van der Waals surface area contributed by atoms with Crippen molar-refractivity contribution >= 4 is 17.6 Å². The van der Waals surface area contributed by atoms with Gasteiger partial charge in [0.2, 0.25) is 0 Å². The third-order valence-corrected chi connectivity index (χ3v) is 4.62. The molecule has 0 radical (unpaired) electrons. The maximum atomic E-state index is 12.4. The summed E-state index contributed by atoms with van der Waals surface area (Å²) in [6, 6.07) is 17.9. The highest BCUT2D eigenvalue weighted by molar-refractivity contribution is 5.98. The Morgan fingerprint density at radius 1 is 0.933 bits per heavy atom. The molecule has 0 saturated heterocycles. The number of nitrogens with zero attached hydrogens (tertiary/aromatic N) is 1. The number of carbonyl (C=O) groups is 2. The first kappa shape index (κ1) is 20.9. The number of anilines is 1. The summed E-state index contributed by atoms with van der Waals surface area (Å²) in [5, 5.41) is 5.61. The van der Waals surface area contributed by atoms with Crippen molar-refractivity contribution in [2.75, 3.05) is 12.8 Å². The summed E-state index contributed by atoms with van der Waals surface area (Å²) < 4.78 is 5.11. The second kappa shape index (κ2) is 10.1. The fraction of sp³-hybridized carbons (Fsp3) is 0.174. The molecule has 3 aromatic rings. The van der Waals surface area contributed by atoms with Gasteiger partial charge in [-0.3, -0.25) is 4.79 Å². The first-order chi connectivity index (χ1) is 14.5. The van der Waals surface area contributed by atoms with E-state index in [2.05, 4.69) is 15.6 Å². The number of nitrogen functional groups attached to an aromatic ring is 1. The molecule has 0 aliphatic carbocycles. The zero-order chi connectivity index (χ0) is 21.3. The summed E-state index contributed by atoms with van der Waals surface area (Å²) in [5.41, 5.74) is 8.97. The fourth-order valence-electron chi connectivity index (χ4n) is 2.85. The van der Waals surface area contributed by atoms with Gasteiger partial charge in [0.15, 0.2) is 5.78 Å². The Hall–Kier alpha value is -3.87. The molecule has 7 nitrogen and oxygen atoms in total. The summed E-state index contributed by atoms with van der Waals surface area (Å²) in [7, 11) is 1.61. The van der Waals surface area contributed by atoms with Crippen molar-refractivity contribution in [3.05, 3.63) is 89.1 Å². The summed E-state index contributed by atoms with van der Waals surface area (Å²) in [5.74, 6) is 1.10. The summed E-state index contributed by atoms with van der Waals surface area (Å²) in [4.78, 5) is 28.4. The van der Waals surface area contributed by atoms with Gasteiger partial charge in [-0.05, 0) is 29.3 Å². The van der Waals surface area contributed by atoms with Crippen molar-refractivity contribution in [2.24, 2.45) is 0 Å². The second-order valence-electron chi connectivity index (χ2n) is 6.73. The Balaban J connectivity index is 1.46. The van der Waals surface area contributed by atoms with E-state index in [4.69, 9.17) is 10.5 Å². The van der Waals surface area contributed by atoms with Crippen LogP contribution >= 0.6 is 0 Å². The van der Waals surface area contributed by atoms with Crippen LogP contribution in [0, 0.1) is 0 Å². The van der Waals surface area contributed by atoms with Crippen molar-refractivity contribution in [3.63, 3.8) is 0 Å². The van der Waals surface area contributed by atoms with Gasteiger partial charge in [-0.15, -0.1) is 0 Å². The molecule has 0 bridgehead atoms. The number of benzene rings is 2. The van der Waals surface area contributed by atoms with Crippen LogP contribution in [0.1, 0.15) is 27.0 Å². The highest BCUT2D eigenvalue weighted by atomic mass is 16.5. The molecule has 7 heteroatoms. The van der Waals surface area contributed by atoms with Crippen LogP contribution in [-0.4, -0.2) is 23.9 Å². The Bertz CT molecular complexity index is 1000. The van der Waals surface area contributed by atoms with Crippen LogP contribution in [0.5, 0.6) is 5.75 Å². The monoisotopic (exact) mass is 404 g/mol. The first-order valence-corrected chi connectivity index (χ1v) is 9.51. The molecule has 0 atom stereocenters. The average Bonchev–Trinajstić information content (AvgIpc) is 2.78. The lowest BCUT2D eigenvalue weighted by molar-refractivity contribution is 0.0993. The number of carbonyl (C=O) groups excluding carboxylic acids is 2. The zero-order valence-electron chi connectivity index (χ0n) is 16.7. The number of pyridine rings is 1. The highest BCUT2D eigenvalue weighted by Gasteiger charge is 2.10. The van der Waals surface area contributed by atoms with E-state index in [0.717, 1.165) is 16.9 Å². The lowest BCUT2D eigenvalue weighted by Gasteiger charge is -2.09. The molecule has 0 aliphatic rings. The third-order valence-electron chi connectivity index (χ3n) is 4.62. The van der Waals surface area contributed by atoms with Gasteiger partial charge in [0.25, 0.3) is 0 Å². The molecular formula is C23H24N4O3. The number of ketones is 1. The van der Waals surface area contributed by atoms with E-state index in [1.165, 1.54) is 0 Å². The summed E-state index contributed by atoms with van der Waals surface area (Å²) in [6.45, 7) is 0.777. The van der Waals surface area contributed by atoms with Crippen LogP contribution in [0.2, 0.25) is 0 Å². The number of hydrogen-bond donors (Lipinski definition) is 3. The molecule has 3 rings (SSSR count). The largest absolute Gasteiger partial charge is 0.497 e. The number of aromatic nitrogens is 1. The summed E-state index contributed by atoms with van der Waals surface area (Å²) in [6.07, 6.45) is 1.79. The van der Waals surface area contributed by atoms with Crippen LogP contribution in [0.15, 0.2) is 66.9 Å². The van der Waals surface area contributed by atoms with Crippen molar-refractivity contribution in [1.29, 1.82) is 0 Å². The molecule has 0 aliphatic heterocycles. The number of Topliss-reactive ketones (excluding diaryl/α,β-unsaturated/α-hetero) is 1. The quantitative estimate of drug-likeness (QED) is 0.500. The Morgan fingerprint density at radius 2 is 1.53 bits per heavy atom. The number of hydrogen-bond acceptors (Lipinski definition) is 5. The molecule has 154 valence electrons. The molecule has 1 aromatic heterocycles. The fourth-order valence-corrected chi connectivity index (χ4v) is 2.85. The van der Waals surface area contributed by atoms with Crippen LogP contribution in [-0.2, 0) is 19.5 Å². The number of amides is 2. The van der Waals surface area contributed by atoms with E-state index in [1.54, 1.807) is 37.6 Å². The van der Waals surface area contributed by atoms with E-state index in [9.17, 15) is 9.59 Å². The molecule has 0 unspecified atom stereocenters. The lowest BCUT2D eigenvalue weighted by atomic mass is 10.0. The first-order valence-electron chi connectivity index (χ1n) is 9.51. The number of ether oxygens (including phenoxy) is 1. The maximum Gasteiger partial charge on any atom is 0.315 e. The highest BCUT2D eigenvalue weighted by Crippen LogP contribution is 2.13. The minimum Gasteiger partial charge on any atom is -0.497 e. The zero-order valence-corrected chi connectivity index (χ0v) is 16.7. The predicted octanol–water partition coefficient (Wildman–Crippen LogP) is 3.10. The van der Waals surface area contributed by atoms with Gasteiger partial charge in [0, 0.05) is 36.8 Å². The third kappa shape index (κ3) is 5.81. The molecular weight excluding hydrogens is 380 g/mol. The van der Waals surface area contributed by atoms with E-state index in [0.29, 0.717) is 30.0 Å². The molecule has 30 heavy (non-hydrogen) atoms. The second-order valence-corrected chi connectivity index (χ2v) is 6.73. The van der Waals surface area contributed by atoms with E-state index >= 15 is 0 Å². The van der Waals surface area contributed by atoms with E-state index in [1.807, 2.05) is 36.4 Å². The standard InChI is InChI=1S/C23H24N4O3/c1-30-20-10-6-17(7-11-20)15-27-23(29)26-14-16-4-8-18(9-5-16)21(28)13-19-3-2-12-25-22(19)24/h2-12H,13-15H2,1H3,(H2,24,25)(H2,26,27,29). The Labute approximate surface area is 175 Å². The number of methoxy groups -OCH3 is 1. The van der Waals surface area contributed by atoms with Crippen molar-refractivity contribution in [2.45, 2.75) is 19.5 Å². The molecule has 4 N–H and O–H groups in total. The SMILES string of the molecule is COc1ccc(CNC(=O)NCc2ccc(C(=O)Cc3cccnc3N)cc2)cc1. The van der Waals surface area contributed by atoms with Crippen LogP contribution in [0.3, 0.4) is 0 Å². The maximum absolute atomic E-state index is 12.4. The lowest BCUT2D eigenvalue weighted by Crippen LogP contribution is -2.34. The molecule has 0 fully saturated rings. The number of urea groups is 1. The van der Waals surface area contributed by atoms with Crippen molar-refractivity contribution in [3.8, 4) is 5.75 Å². The van der Waals surface area contributed by atoms with Crippen molar-refractivity contribution in [1.82, 2.24) is 15.6 Å². The average molecular weight is 404 g/mol. The van der Waals surface area contributed by atoms with Crippen molar-refractivity contribution < 1.29 is 14.3 Å². The Kier molecular flexibility index (Phi) is 7.00. The Morgan fingerprint density at radius 3 is 2.10 bits per heavy atom. The number of nitrogens with two attached hydrogens (primary N) is 1. The molecule has 2 aromatic carbocycles. The number of nitrogens with one attached hydrogen (secondary N) is 2. The van der Waals surface area contributed by atoms with E-state index < -0.39 is 0 Å². The number of rotatable bonds is 8. The predicted molar refractivity (Wildman–Crippen MR) is 115 cm³/mol. The van der Waals surface area contributed by atoms with Crippen LogP contribution in [0.25, 0.3) is 0 Å². The molecule has 1 heterocycles. The minimum absolute atomic E-state index is 0.0357. The van der Waals surface area contributed by atoms with Gasteiger partial charge in [-0.1, -0.05) is 42.5 Å². The molecule has 0 spiro atoms. The van der Waals surface area contributed by atoms with Crippen LogP contribution in [0.4, 0.5) is 10.6 Å².